The average molecular weight is 1110 g/mol. The molecule has 6 aliphatic heterocycles. The maximum Gasteiger partial charge on any atom is 0.217 e. The number of hydrogen-bond donors (Lipinski definition) is 19. The molecule has 33 heteroatoms. The van der Waals surface area contributed by atoms with E-state index in [9.17, 15) is 96.1 Å². The molecule has 30 atom stereocenters. The maximum atomic E-state index is 12.7. The summed E-state index contributed by atoms with van der Waals surface area (Å²) < 4.78 is 63.8. The van der Waals surface area contributed by atoms with E-state index < -0.39 is 241 Å². The molecule has 6 rings (SSSR count). The minimum absolute atomic E-state index is 0.553. The highest BCUT2D eigenvalue weighted by atomic mass is 16.8. The Labute approximate surface area is 432 Å². The molecular formula is C43H73N3O30. The highest BCUT2D eigenvalue weighted by molar-refractivity contribution is 5.74. The van der Waals surface area contributed by atoms with Crippen LogP contribution in [0, 0.1) is 0 Å². The number of carbonyl (C=O) groups is 3. The predicted molar refractivity (Wildman–Crippen MR) is 237 cm³/mol. The standard InChI is InChI=1S/C43H73N3O30/c1-11-21(44-12(2)53)27(59)34(18(8-50)66-11)73-42-32(64)37(25(57)16(6-48)68-42)75-40-23(46-14(4)55)29(61)36(20(10-52)71-40)74-43-33(65)38(26(58)17(7-49)69-43)76-39-22(45-13(3)54)28(60)35(19(9-51)70-39)72-41-31(63)30(62)24(56)15(5-47)67-41/h11,15-43,47-52,56-65H,5-10H2,1-4H3,(H,44,53)(H,45,54)(H,46,55)/t11?,15?,16?,17?,18?,19?,20?,21?,22?,23?,24-,25-,26-,27+,28+,29+,30-,31?,32?,33?,34-,35-,36-,37-,38-,39-,40-,41-,42-,43-/m0/s1. The Kier molecular flexibility index (Phi) is 22.4. The molecule has 76 heavy (non-hydrogen) atoms. The number of nitrogens with one attached hydrogen (secondary N) is 3. The Hall–Kier alpha value is -2.67. The molecule has 0 radical (unpaired) electrons. The Balaban J connectivity index is 1.21. The van der Waals surface area contributed by atoms with Gasteiger partial charge in [0.05, 0.1) is 51.8 Å². The van der Waals surface area contributed by atoms with Crippen LogP contribution in [0.4, 0.5) is 0 Å². The molecule has 0 aromatic rings. The molecule has 6 heterocycles. The van der Waals surface area contributed by atoms with Crippen LogP contribution in [-0.4, -0.2) is 323 Å². The first-order valence-electron chi connectivity index (χ1n) is 24.4. The smallest absolute Gasteiger partial charge is 0.217 e. The van der Waals surface area contributed by atoms with Crippen LogP contribution in [0.3, 0.4) is 0 Å². The molecule has 6 fully saturated rings. The molecule has 19 N–H and O–H groups in total. The molecule has 13 unspecified atom stereocenters. The van der Waals surface area contributed by atoms with Crippen molar-refractivity contribution >= 4 is 17.7 Å². The Morgan fingerprint density at radius 3 is 0.947 bits per heavy atom. The second-order valence-corrected chi connectivity index (χ2v) is 19.3. The fourth-order valence-corrected chi connectivity index (χ4v) is 9.98. The van der Waals surface area contributed by atoms with E-state index in [-0.39, 0.29) is 0 Å². The highest BCUT2D eigenvalue weighted by Gasteiger charge is 2.58. The third kappa shape index (κ3) is 13.6. The van der Waals surface area contributed by atoms with Crippen molar-refractivity contribution in [3.05, 3.63) is 0 Å². The van der Waals surface area contributed by atoms with Crippen LogP contribution in [0.1, 0.15) is 27.7 Å². The zero-order chi connectivity index (χ0) is 56.2. The van der Waals surface area contributed by atoms with Crippen LogP contribution < -0.4 is 16.0 Å². The van der Waals surface area contributed by atoms with Gasteiger partial charge < -0.3 is 150 Å². The maximum absolute atomic E-state index is 12.7. The first-order valence-corrected chi connectivity index (χ1v) is 24.4. The molecule has 0 aromatic carbocycles. The molecular weight excluding hydrogens is 1040 g/mol. The summed E-state index contributed by atoms with van der Waals surface area (Å²) in [6, 6.07) is -4.60. The monoisotopic (exact) mass is 1110 g/mol. The van der Waals surface area contributed by atoms with Gasteiger partial charge in [0, 0.05) is 20.8 Å². The fraction of sp³-hybridized carbons (Fsp3) is 0.930. The summed E-state index contributed by atoms with van der Waals surface area (Å²) in [5.41, 5.74) is 0. The van der Waals surface area contributed by atoms with Gasteiger partial charge in [-0.15, -0.1) is 0 Å². The zero-order valence-electron chi connectivity index (χ0n) is 41.4. The molecule has 0 bridgehead atoms. The zero-order valence-corrected chi connectivity index (χ0v) is 41.4. The van der Waals surface area contributed by atoms with E-state index >= 15 is 0 Å². The van der Waals surface area contributed by atoms with Crippen molar-refractivity contribution in [3.63, 3.8) is 0 Å². The number of carbonyl (C=O) groups excluding carboxylic acids is 3. The van der Waals surface area contributed by atoms with E-state index in [0.717, 1.165) is 13.8 Å². The van der Waals surface area contributed by atoms with Crippen LogP contribution >= 0.6 is 0 Å². The van der Waals surface area contributed by atoms with E-state index in [4.69, 9.17) is 52.1 Å². The second kappa shape index (κ2) is 27.2. The van der Waals surface area contributed by atoms with Crippen molar-refractivity contribution < 1.29 is 148 Å². The van der Waals surface area contributed by atoms with E-state index in [2.05, 4.69) is 16.0 Å². The lowest BCUT2D eigenvalue weighted by Gasteiger charge is -2.51. The van der Waals surface area contributed by atoms with Gasteiger partial charge in [0.2, 0.25) is 17.7 Å². The van der Waals surface area contributed by atoms with E-state index in [1.807, 2.05) is 0 Å². The lowest BCUT2D eigenvalue weighted by Crippen LogP contribution is -2.71. The topological polar surface area (TPSA) is 513 Å². The lowest BCUT2D eigenvalue weighted by molar-refractivity contribution is -0.384. The van der Waals surface area contributed by atoms with Crippen LogP contribution in [0.5, 0.6) is 0 Å². The van der Waals surface area contributed by atoms with Gasteiger partial charge in [-0.25, -0.2) is 0 Å². The molecule has 440 valence electrons. The van der Waals surface area contributed by atoms with E-state index in [1.165, 1.54) is 13.8 Å². The molecule has 6 aliphatic rings. The van der Waals surface area contributed by atoms with Crippen LogP contribution in [0.2, 0.25) is 0 Å². The van der Waals surface area contributed by atoms with Crippen molar-refractivity contribution in [1.29, 1.82) is 0 Å². The third-order valence-electron chi connectivity index (χ3n) is 13.9. The summed E-state index contributed by atoms with van der Waals surface area (Å²) in [5.74, 6) is -2.22. The molecule has 0 aliphatic carbocycles. The first-order chi connectivity index (χ1) is 35.9. The van der Waals surface area contributed by atoms with Gasteiger partial charge in [0.25, 0.3) is 0 Å². The van der Waals surface area contributed by atoms with Gasteiger partial charge in [-0.2, -0.15) is 0 Å². The summed E-state index contributed by atoms with van der Waals surface area (Å²) in [6.45, 7) is -0.863. The van der Waals surface area contributed by atoms with Gasteiger partial charge in [-0.05, 0) is 6.92 Å². The van der Waals surface area contributed by atoms with Crippen molar-refractivity contribution in [2.75, 3.05) is 39.6 Å². The SMILES string of the molecule is CC(=O)NC1C(C)OC(CO)[C@H](O[C@@H]2OC(CO)[C@H](O)[C@H](O[C@@H]3OC(CO)[C@H](O[C@@H]4OC(CO)[C@H](O)[C@H](O[C@@H]5OC(CO)[C@H](O[C@@H]6OC(CO)[C@H](O)[C@H](O)C6O)[C@H](O)C5NC(C)=O)C4O)[C@H](O)C3NC(C)=O)C2O)[C@@H]1O. The van der Waals surface area contributed by atoms with Gasteiger partial charge in [0.15, 0.2) is 31.5 Å². The fourth-order valence-electron chi connectivity index (χ4n) is 9.98. The Morgan fingerprint density at radius 2 is 0.605 bits per heavy atom. The number of ether oxygens (including phenoxy) is 11. The number of amides is 3. The third-order valence-corrected chi connectivity index (χ3v) is 13.9. The molecule has 3 amide bonds. The average Bonchev–Trinajstić information content (AvgIpc) is 3.38. The highest BCUT2D eigenvalue weighted by Crippen LogP contribution is 2.37. The minimum atomic E-state index is -2.21. The second-order valence-electron chi connectivity index (χ2n) is 19.3. The largest absolute Gasteiger partial charge is 0.394 e. The Bertz CT molecular complexity index is 1870. The van der Waals surface area contributed by atoms with Gasteiger partial charge in [-0.3, -0.25) is 14.4 Å². The first kappa shape index (κ1) is 62.5. The molecule has 6 saturated heterocycles. The number of rotatable bonds is 19. The summed E-state index contributed by atoms with van der Waals surface area (Å²) >= 11 is 0. The number of hydrogen-bond acceptors (Lipinski definition) is 30. The van der Waals surface area contributed by atoms with E-state index in [0.29, 0.717) is 0 Å². The molecule has 0 saturated carbocycles. The van der Waals surface area contributed by atoms with Crippen LogP contribution in [0.25, 0.3) is 0 Å². The van der Waals surface area contributed by atoms with Crippen LogP contribution in [-0.2, 0) is 66.5 Å². The summed E-state index contributed by atoms with van der Waals surface area (Å²) in [4.78, 5) is 37.1. The molecule has 0 spiro atoms. The van der Waals surface area contributed by atoms with Crippen molar-refractivity contribution in [3.8, 4) is 0 Å². The van der Waals surface area contributed by atoms with Crippen molar-refractivity contribution in [1.82, 2.24) is 16.0 Å². The van der Waals surface area contributed by atoms with E-state index in [1.54, 1.807) is 0 Å². The van der Waals surface area contributed by atoms with Crippen LogP contribution in [0.15, 0.2) is 0 Å². The van der Waals surface area contributed by atoms with Gasteiger partial charge in [0.1, 0.15) is 140 Å². The summed E-state index contributed by atoms with van der Waals surface area (Å²) in [5, 5.41) is 181. The van der Waals surface area contributed by atoms with Crippen molar-refractivity contribution in [2.24, 2.45) is 0 Å². The Morgan fingerprint density at radius 1 is 0.329 bits per heavy atom. The normalized spacial score (nSPS) is 48.2. The van der Waals surface area contributed by atoms with Gasteiger partial charge in [-0.1, -0.05) is 0 Å². The predicted octanol–water partition coefficient (Wildman–Crippen LogP) is -12.6. The molecule has 0 aromatic heterocycles. The minimum Gasteiger partial charge on any atom is -0.394 e. The lowest BCUT2D eigenvalue weighted by atomic mass is 9.92. The van der Waals surface area contributed by atoms with Gasteiger partial charge >= 0.3 is 0 Å². The molecule has 33 nitrogen and oxygen atoms in total. The number of aliphatic hydroxyl groups is 16. The van der Waals surface area contributed by atoms with Crippen molar-refractivity contribution in [2.45, 2.75) is 212 Å². The summed E-state index contributed by atoms with van der Waals surface area (Å²) in [6.07, 6.45) is -48.7. The quantitative estimate of drug-likeness (QED) is 0.0571. The summed E-state index contributed by atoms with van der Waals surface area (Å²) in [7, 11) is 0. The number of aliphatic hydroxyl groups excluding tert-OH is 16.